The van der Waals surface area contributed by atoms with E-state index >= 15 is 0 Å². The van der Waals surface area contributed by atoms with Gasteiger partial charge in [0.1, 0.15) is 0 Å². The Morgan fingerprint density at radius 3 is 0.644 bits per heavy atom. The molecular formula is C79H138N24O32. The Labute approximate surface area is 779 Å². The van der Waals surface area contributed by atoms with Gasteiger partial charge < -0.3 is 114 Å². The fraction of sp³-hybridized carbons (Fsp3) is 0.747. The Kier molecular flexibility index (Phi) is 55.8. The zero-order valence-corrected chi connectivity index (χ0v) is 77.0. The van der Waals surface area contributed by atoms with Crippen LogP contribution in [0.4, 0.5) is 0 Å². The van der Waals surface area contributed by atoms with Crippen LogP contribution < -0.4 is 53.2 Å². The standard InChI is InChI=1S/C79H138N24O32/c1-55(81-6-8-91(41-65(112)113)10-9-90(40-64(110)111)7-5-80-39-63(108)109)75(132)82-35-59(104)86-51-79(52-87-60(105)36-83-76(133)56(2)101-29-23-95(45-69(120)121)17-11-92(42-66(114)115)12-18-96(24-30-101)46-70(122)123,53-88-61(106)37-84-77(134)57(3)102-31-25-97(47-71(124)125)19-13-93(43-67(116)117)14-20-98(26-32-102)48-72(126)127)54-89-62(107)38-85-78(135)58(4)103-33-27-99(49-73(128)129)21-15-94(44-68(118)119)16-22-100(28-34-103)50-74(130)131/h55-58,80-81H,5-54H2,1-4H3,(H,82,132)(H,83,133)(H,84,134)(H,85,135)(H,86,104)(H,87,105)(H,88,106)(H,89,107)(H,108,109)(H,110,111)(H,112,113)(H,114,115)(H,116,117)(H,118,119)(H,120,121)(H,122,123)(H,124,125)(H,126,127)(H,128,129)(H,130,131). The number of hydrogen-bond donors (Lipinski definition) is 22. The van der Waals surface area contributed by atoms with Gasteiger partial charge in [-0.25, -0.2) is 0 Å². The second kappa shape index (κ2) is 63.9. The summed E-state index contributed by atoms with van der Waals surface area (Å²) in [4.78, 5) is 278. The Balaban J connectivity index is 2.14. The molecule has 766 valence electrons. The van der Waals surface area contributed by atoms with Crippen molar-refractivity contribution in [2.45, 2.75) is 51.9 Å². The highest BCUT2D eigenvalue weighted by molar-refractivity contribution is 5.90. The summed E-state index contributed by atoms with van der Waals surface area (Å²) in [6.07, 6.45) is 0. The molecule has 0 bridgehead atoms. The highest BCUT2D eigenvalue weighted by Gasteiger charge is 2.36. The fourth-order valence-corrected chi connectivity index (χ4v) is 14.7. The first-order chi connectivity index (χ1) is 63.7. The summed E-state index contributed by atoms with van der Waals surface area (Å²) in [5.41, 5.74) is -1.86. The Morgan fingerprint density at radius 2 is 0.444 bits per heavy atom. The molecule has 3 heterocycles. The number of carbonyl (C=O) groups excluding carboxylic acids is 8. The van der Waals surface area contributed by atoms with Crippen molar-refractivity contribution in [1.29, 1.82) is 0 Å². The van der Waals surface area contributed by atoms with E-state index < -0.39 is 279 Å². The van der Waals surface area contributed by atoms with Gasteiger partial charge in [0.15, 0.2) is 0 Å². The van der Waals surface area contributed by atoms with Crippen LogP contribution >= 0.6 is 0 Å². The third-order valence-corrected chi connectivity index (χ3v) is 22.6. The molecule has 135 heavy (non-hydrogen) atoms. The SMILES string of the molecule is CC(NCCN(CCN(CCNCC(=O)O)CC(=O)O)CC(=O)O)C(=O)NCC(=O)NCC(CNC(=O)CNC(=O)C(C)N1CCN(CC(=O)O)CCN(CC(=O)O)CCN(CC(=O)O)CC1)(CNC(=O)CNC(=O)C(C)N1CCN(CC(=O)O)CCN(CC(=O)O)CCN(CC(=O)O)CC1)CNC(=O)CNC(=O)C(C)N1CCN(CC(=O)O)CCN(CC(=O)O)CCN(CC(=O)O)CC1. The number of nitrogens with one attached hydrogen (secondary N) is 10. The lowest BCUT2D eigenvalue weighted by Crippen LogP contribution is -2.59. The molecule has 0 radical (unpaired) electrons. The van der Waals surface area contributed by atoms with Crippen LogP contribution in [0.25, 0.3) is 0 Å². The molecule has 3 rings (SSSR count). The lowest BCUT2D eigenvalue weighted by Gasteiger charge is -2.35. The highest BCUT2D eigenvalue weighted by Crippen LogP contribution is 2.16. The summed E-state index contributed by atoms with van der Waals surface area (Å²) >= 11 is 0. The number of carboxylic acids is 12. The van der Waals surface area contributed by atoms with Crippen LogP contribution in [0, 0.1) is 5.41 Å². The van der Waals surface area contributed by atoms with Crippen LogP contribution in [-0.2, 0) is 95.9 Å². The third kappa shape index (κ3) is 53.6. The predicted octanol–water partition coefficient (Wildman–Crippen LogP) is -14.1. The van der Waals surface area contributed by atoms with Gasteiger partial charge in [0.2, 0.25) is 47.3 Å². The minimum atomic E-state index is -1.86. The molecule has 8 amide bonds. The van der Waals surface area contributed by atoms with Crippen molar-refractivity contribution in [2.24, 2.45) is 5.41 Å². The number of nitrogens with zero attached hydrogens (tertiary/aromatic N) is 14. The summed E-state index contributed by atoms with van der Waals surface area (Å²) < 4.78 is 0. The molecule has 3 fully saturated rings. The van der Waals surface area contributed by atoms with Crippen molar-refractivity contribution in [2.75, 3.05) is 327 Å². The van der Waals surface area contributed by atoms with Gasteiger partial charge in [0.25, 0.3) is 0 Å². The molecule has 3 saturated heterocycles. The summed E-state index contributed by atoms with van der Waals surface area (Å²) in [6.45, 7) is -4.82. The molecule has 4 atom stereocenters. The highest BCUT2D eigenvalue weighted by atomic mass is 16.4. The van der Waals surface area contributed by atoms with Crippen molar-refractivity contribution in [1.82, 2.24) is 122 Å². The summed E-state index contributed by atoms with van der Waals surface area (Å²) in [5.74, 6) is -21.3. The van der Waals surface area contributed by atoms with Crippen LogP contribution in [0.3, 0.4) is 0 Å². The number of carboxylic acid groups (broad SMARTS) is 12. The Bertz CT molecular complexity index is 3510. The van der Waals surface area contributed by atoms with Crippen LogP contribution in [0.1, 0.15) is 27.7 Å². The average Bonchev–Trinajstić information content (AvgIpc) is 0.802. The number of aliphatic carboxylic acids is 12. The minimum Gasteiger partial charge on any atom is -0.480 e. The summed E-state index contributed by atoms with van der Waals surface area (Å²) in [6, 6.07) is -4.47. The molecule has 3 aliphatic rings. The van der Waals surface area contributed by atoms with Crippen LogP contribution in [0.5, 0.6) is 0 Å². The molecule has 4 unspecified atom stereocenters. The molecule has 0 spiro atoms. The van der Waals surface area contributed by atoms with E-state index in [9.17, 15) is 152 Å². The Hall–Kier alpha value is -11.2. The van der Waals surface area contributed by atoms with Crippen LogP contribution in [0.15, 0.2) is 0 Å². The second-order valence-corrected chi connectivity index (χ2v) is 33.2. The van der Waals surface area contributed by atoms with Gasteiger partial charge >= 0.3 is 71.6 Å². The first-order valence-electron chi connectivity index (χ1n) is 44.1. The van der Waals surface area contributed by atoms with E-state index in [1.165, 1.54) is 81.6 Å². The number of carbonyl (C=O) groups is 20. The molecule has 0 saturated carbocycles. The van der Waals surface area contributed by atoms with Crippen molar-refractivity contribution in [3.63, 3.8) is 0 Å². The zero-order valence-electron chi connectivity index (χ0n) is 77.0. The first-order valence-corrected chi connectivity index (χ1v) is 44.1. The van der Waals surface area contributed by atoms with E-state index in [1.807, 2.05) is 0 Å². The molecule has 3 aliphatic heterocycles. The van der Waals surface area contributed by atoms with Gasteiger partial charge in [-0.15, -0.1) is 0 Å². The smallest absolute Gasteiger partial charge is 0.317 e. The van der Waals surface area contributed by atoms with Gasteiger partial charge in [-0.05, 0) is 27.7 Å². The van der Waals surface area contributed by atoms with Crippen LogP contribution in [0.2, 0.25) is 0 Å². The lowest BCUT2D eigenvalue weighted by molar-refractivity contribution is -0.141. The average molecular weight is 1940 g/mol. The van der Waals surface area contributed by atoms with E-state index in [1.54, 1.807) is 14.7 Å². The molecular weight excluding hydrogens is 1800 g/mol. The molecule has 0 aromatic heterocycles. The third-order valence-electron chi connectivity index (χ3n) is 22.6. The van der Waals surface area contributed by atoms with Gasteiger partial charge in [-0.3, -0.25) is 164 Å². The van der Waals surface area contributed by atoms with Gasteiger partial charge in [0, 0.05) is 228 Å². The number of amides is 8. The maximum atomic E-state index is 14.4. The monoisotopic (exact) mass is 1930 g/mol. The van der Waals surface area contributed by atoms with E-state index in [0.717, 1.165) is 0 Å². The van der Waals surface area contributed by atoms with Gasteiger partial charge in [-0.2, -0.15) is 0 Å². The number of hydrogen-bond acceptors (Lipinski definition) is 36. The topological polar surface area (TPSA) is 750 Å². The predicted molar refractivity (Wildman–Crippen MR) is 472 cm³/mol. The van der Waals surface area contributed by atoms with E-state index in [-0.39, 0.29) is 196 Å². The van der Waals surface area contributed by atoms with E-state index in [0.29, 0.717) is 0 Å². The minimum absolute atomic E-state index is 0.00584. The van der Waals surface area contributed by atoms with Gasteiger partial charge in [0.05, 0.1) is 129 Å². The largest absolute Gasteiger partial charge is 0.480 e. The second-order valence-electron chi connectivity index (χ2n) is 33.2. The van der Waals surface area contributed by atoms with Crippen molar-refractivity contribution in [3.8, 4) is 0 Å². The molecule has 22 N–H and O–H groups in total. The van der Waals surface area contributed by atoms with Gasteiger partial charge in [-0.1, -0.05) is 0 Å². The zero-order chi connectivity index (χ0) is 101. The summed E-state index contributed by atoms with van der Waals surface area (Å²) in [5, 5.41) is 142. The van der Waals surface area contributed by atoms with Crippen molar-refractivity contribution in [3.05, 3.63) is 0 Å². The maximum absolute atomic E-state index is 14.4. The molecule has 0 aliphatic carbocycles. The molecule has 56 heteroatoms. The van der Waals surface area contributed by atoms with E-state index in [2.05, 4.69) is 53.2 Å². The maximum Gasteiger partial charge on any atom is 0.317 e. The number of rotatable bonds is 57. The fourth-order valence-electron chi connectivity index (χ4n) is 14.7. The molecule has 0 aromatic rings. The first kappa shape index (κ1) is 118. The summed E-state index contributed by atoms with van der Waals surface area (Å²) in [7, 11) is 0. The normalized spacial score (nSPS) is 18.0. The van der Waals surface area contributed by atoms with Crippen LogP contribution in [-0.4, -0.2) is 600 Å². The quantitative estimate of drug-likeness (QED) is 0.0251. The van der Waals surface area contributed by atoms with E-state index in [4.69, 9.17) is 5.11 Å². The Morgan fingerprint density at radius 1 is 0.244 bits per heavy atom. The molecule has 56 nitrogen and oxygen atoms in total. The van der Waals surface area contributed by atoms with Crippen molar-refractivity contribution < 1.29 is 157 Å². The van der Waals surface area contributed by atoms with Crippen molar-refractivity contribution >= 4 is 119 Å². The molecule has 0 aromatic carbocycles. The lowest BCUT2D eigenvalue weighted by atomic mass is 9.86.